The lowest BCUT2D eigenvalue weighted by molar-refractivity contribution is 1.62. The molecule has 1 heteroatoms. The molecule has 0 amide bonds. The first-order valence-corrected chi connectivity index (χ1v) is 4.77. The quantitative estimate of drug-likeness (QED) is 0.690. The van der Waals surface area contributed by atoms with Crippen LogP contribution in [0.1, 0.15) is 5.56 Å². The Bertz CT molecular complexity index is 333. The number of halogens is 1. The van der Waals surface area contributed by atoms with E-state index >= 15 is 0 Å². The second-order valence-corrected chi connectivity index (χ2v) is 3.64. The highest BCUT2D eigenvalue weighted by molar-refractivity contribution is 9.11. The number of hydrogen-bond acceptors (Lipinski definition) is 0. The minimum atomic E-state index is 0.853. The standard InChI is InChI=1S/C12H11Br/c1-3-11(9-10(2)13)12-7-5-4-6-8-12/h3-9H,1-2H2/b11-9+. The molecule has 0 saturated carbocycles. The van der Waals surface area contributed by atoms with Crippen LogP contribution < -0.4 is 0 Å². The fraction of sp³-hybridized carbons (Fsp3) is 0. The smallest absolute Gasteiger partial charge is 0.0109 e. The molecule has 13 heavy (non-hydrogen) atoms. The molecule has 0 spiro atoms. The van der Waals surface area contributed by atoms with Gasteiger partial charge in [-0.2, -0.15) is 0 Å². The maximum Gasteiger partial charge on any atom is 0.0109 e. The predicted molar refractivity (Wildman–Crippen MR) is 62.7 cm³/mol. The normalized spacial score (nSPS) is 11.0. The van der Waals surface area contributed by atoms with Crippen LogP contribution in [0.3, 0.4) is 0 Å². The molecule has 1 aromatic rings. The van der Waals surface area contributed by atoms with Crippen LogP contribution in [-0.2, 0) is 0 Å². The van der Waals surface area contributed by atoms with Crippen LogP contribution in [0.2, 0.25) is 0 Å². The van der Waals surface area contributed by atoms with Gasteiger partial charge in [-0.15, -0.1) is 0 Å². The molecule has 0 aliphatic heterocycles. The lowest BCUT2D eigenvalue weighted by Gasteiger charge is -2.00. The van der Waals surface area contributed by atoms with Crippen molar-refractivity contribution < 1.29 is 0 Å². The summed E-state index contributed by atoms with van der Waals surface area (Å²) in [6, 6.07) is 10.1. The monoisotopic (exact) mass is 234 g/mol. The fourth-order valence-corrected chi connectivity index (χ4v) is 1.31. The van der Waals surface area contributed by atoms with Crippen LogP contribution in [-0.4, -0.2) is 0 Å². The van der Waals surface area contributed by atoms with Gasteiger partial charge in [-0.3, -0.25) is 0 Å². The van der Waals surface area contributed by atoms with Gasteiger partial charge in [0.2, 0.25) is 0 Å². The molecule has 0 N–H and O–H groups in total. The molecule has 0 atom stereocenters. The summed E-state index contributed by atoms with van der Waals surface area (Å²) in [5.41, 5.74) is 2.22. The first-order valence-electron chi connectivity index (χ1n) is 3.98. The molecular weight excluding hydrogens is 224 g/mol. The van der Waals surface area contributed by atoms with Gasteiger partial charge < -0.3 is 0 Å². The van der Waals surface area contributed by atoms with Crippen LogP contribution in [0.5, 0.6) is 0 Å². The third-order valence-electron chi connectivity index (χ3n) is 1.64. The van der Waals surface area contributed by atoms with Crippen LogP contribution in [0.4, 0.5) is 0 Å². The molecule has 0 aliphatic rings. The van der Waals surface area contributed by atoms with E-state index in [0.29, 0.717) is 0 Å². The van der Waals surface area contributed by atoms with Gasteiger partial charge in [-0.1, -0.05) is 65.5 Å². The Labute approximate surface area is 87.4 Å². The second-order valence-electron chi connectivity index (χ2n) is 2.62. The third kappa shape index (κ3) is 3.03. The first-order chi connectivity index (χ1) is 6.24. The molecule has 0 saturated heterocycles. The van der Waals surface area contributed by atoms with Crippen molar-refractivity contribution in [3.05, 3.63) is 65.7 Å². The predicted octanol–water partition coefficient (Wildman–Crippen LogP) is 4.16. The summed E-state index contributed by atoms with van der Waals surface area (Å²) in [6.45, 7) is 7.52. The third-order valence-corrected chi connectivity index (χ3v) is 1.87. The van der Waals surface area contributed by atoms with Crippen molar-refractivity contribution in [2.75, 3.05) is 0 Å². The van der Waals surface area contributed by atoms with E-state index in [1.165, 1.54) is 0 Å². The number of benzene rings is 1. The summed E-state index contributed by atoms with van der Waals surface area (Å²) in [7, 11) is 0. The zero-order valence-corrected chi connectivity index (χ0v) is 8.92. The van der Waals surface area contributed by atoms with Gasteiger partial charge in [-0.05, 0) is 17.2 Å². The number of hydrogen-bond donors (Lipinski definition) is 0. The van der Waals surface area contributed by atoms with E-state index in [9.17, 15) is 0 Å². The highest BCUT2D eigenvalue weighted by Crippen LogP contribution is 2.18. The lowest BCUT2D eigenvalue weighted by atomic mass is 10.1. The average molecular weight is 235 g/mol. The molecule has 0 aromatic heterocycles. The van der Waals surface area contributed by atoms with Crippen molar-refractivity contribution >= 4 is 21.5 Å². The van der Waals surface area contributed by atoms with Crippen molar-refractivity contribution in [1.29, 1.82) is 0 Å². The molecule has 0 bridgehead atoms. The highest BCUT2D eigenvalue weighted by Gasteiger charge is 1.94. The Balaban J connectivity index is 3.05. The van der Waals surface area contributed by atoms with Crippen molar-refractivity contribution in [2.45, 2.75) is 0 Å². The van der Waals surface area contributed by atoms with Crippen molar-refractivity contribution in [1.82, 2.24) is 0 Å². The van der Waals surface area contributed by atoms with Crippen LogP contribution in [0.15, 0.2) is 60.1 Å². The molecular formula is C12H11Br. The van der Waals surface area contributed by atoms with Crippen LogP contribution >= 0.6 is 15.9 Å². The van der Waals surface area contributed by atoms with E-state index in [-0.39, 0.29) is 0 Å². The zero-order chi connectivity index (χ0) is 9.68. The molecule has 1 rings (SSSR count). The Hall–Kier alpha value is -1.08. The van der Waals surface area contributed by atoms with Gasteiger partial charge in [-0.25, -0.2) is 0 Å². The summed E-state index contributed by atoms with van der Waals surface area (Å²) in [5.74, 6) is 0. The molecule has 0 heterocycles. The zero-order valence-electron chi connectivity index (χ0n) is 7.33. The van der Waals surface area contributed by atoms with Gasteiger partial charge in [0.05, 0.1) is 0 Å². The topological polar surface area (TPSA) is 0 Å². The Kier molecular flexibility index (Phi) is 3.71. The maximum atomic E-state index is 3.76. The summed E-state index contributed by atoms with van der Waals surface area (Å²) in [5, 5.41) is 0. The van der Waals surface area contributed by atoms with Crippen molar-refractivity contribution in [3.8, 4) is 0 Å². The van der Waals surface area contributed by atoms with E-state index in [1.54, 1.807) is 0 Å². The number of rotatable bonds is 3. The lowest BCUT2D eigenvalue weighted by Crippen LogP contribution is -1.78. The Morgan fingerprint density at radius 3 is 2.31 bits per heavy atom. The average Bonchev–Trinajstić information content (AvgIpc) is 2.15. The second kappa shape index (κ2) is 4.83. The molecule has 0 aliphatic carbocycles. The van der Waals surface area contributed by atoms with E-state index in [2.05, 4.69) is 29.1 Å². The Morgan fingerprint density at radius 2 is 1.85 bits per heavy atom. The molecule has 0 fully saturated rings. The molecule has 0 nitrogen and oxygen atoms in total. The molecule has 66 valence electrons. The largest absolute Gasteiger partial charge is 0.0984 e. The van der Waals surface area contributed by atoms with E-state index < -0.39 is 0 Å². The first kappa shape index (κ1) is 10.0. The van der Waals surface area contributed by atoms with Gasteiger partial charge >= 0.3 is 0 Å². The SMILES string of the molecule is C=C/C(=C\C(=C)Br)c1ccccc1. The van der Waals surface area contributed by atoms with Gasteiger partial charge in [0.25, 0.3) is 0 Å². The fourth-order valence-electron chi connectivity index (χ4n) is 1.06. The summed E-state index contributed by atoms with van der Waals surface area (Å²) in [6.07, 6.45) is 3.77. The minimum absolute atomic E-state index is 0.853. The number of allylic oxidation sites excluding steroid dienone is 4. The van der Waals surface area contributed by atoms with Gasteiger partial charge in [0.1, 0.15) is 0 Å². The van der Waals surface area contributed by atoms with Crippen LogP contribution in [0, 0.1) is 0 Å². The Morgan fingerprint density at radius 1 is 1.23 bits per heavy atom. The van der Waals surface area contributed by atoms with E-state index in [0.717, 1.165) is 15.6 Å². The van der Waals surface area contributed by atoms with Gasteiger partial charge in [0.15, 0.2) is 0 Å². The van der Waals surface area contributed by atoms with Crippen molar-refractivity contribution in [3.63, 3.8) is 0 Å². The summed E-state index contributed by atoms with van der Waals surface area (Å²) >= 11 is 3.29. The maximum absolute atomic E-state index is 3.76. The molecule has 0 radical (unpaired) electrons. The van der Waals surface area contributed by atoms with E-state index in [4.69, 9.17) is 0 Å². The van der Waals surface area contributed by atoms with Crippen LogP contribution in [0.25, 0.3) is 5.57 Å². The van der Waals surface area contributed by atoms with Crippen molar-refractivity contribution in [2.24, 2.45) is 0 Å². The summed E-state index contributed by atoms with van der Waals surface area (Å²) in [4.78, 5) is 0. The molecule has 0 unspecified atom stereocenters. The molecule has 1 aromatic carbocycles. The van der Waals surface area contributed by atoms with E-state index in [1.807, 2.05) is 42.5 Å². The van der Waals surface area contributed by atoms with Gasteiger partial charge in [0, 0.05) is 4.48 Å². The minimum Gasteiger partial charge on any atom is -0.0984 e. The summed E-state index contributed by atoms with van der Waals surface area (Å²) < 4.78 is 0.853. The highest BCUT2D eigenvalue weighted by atomic mass is 79.9.